The molecule has 0 amide bonds. The van der Waals surface area contributed by atoms with E-state index < -0.39 is 0 Å². The molecule has 1 fully saturated rings. The van der Waals surface area contributed by atoms with Gasteiger partial charge in [-0.25, -0.2) is 0 Å². The summed E-state index contributed by atoms with van der Waals surface area (Å²) in [5.74, 6) is 0.660. The summed E-state index contributed by atoms with van der Waals surface area (Å²) in [5, 5.41) is 9.03. The molecule has 70 valence electrons. The van der Waals surface area contributed by atoms with Crippen molar-refractivity contribution in [1.82, 2.24) is 4.90 Å². The largest absolute Gasteiger partial charge is 0.474 e. The molecule has 1 N–H and O–H groups in total. The van der Waals surface area contributed by atoms with Crippen LogP contribution in [0.4, 0.5) is 0 Å². The van der Waals surface area contributed by atoms with Gasteiger partial charge in [0.2, 0.25) is 0 Å². The fraction of sp³-hybridized carbons (Fsp3) is 0.778. The lowest BCUT2D eigenvalue weighted by Crippen LogP contribution is -2.50. The van der Waals surface area contributed by atoms with Crippen molar-refractivity contribution in [2.75, 3.05) is 13.1 Å². The van der Waals surface area contributed by atoms with Gasteiger partial charge >= 0.3 is 0 Å². The van der Waals surface area contributed by atoms with Crippen LogP contribution < -0.4 is 0 Å². The van der Waals surface area contributed by atoms with Crippen LogP contribution in [0.3, 0.4) is 0 Å². The molecule has 0 saturated carbocycles. The van der Waals surface area contributed by atoms with Crippen molar-refractivity contribution in [3.05, 3.63) is 12.5 Å². The van der Waals surface area contributed by atoms with Crippen LogP contribution in [-0.2, 0) is 4.74 Å². The molecular formula is C9H17NO2. The third-order valence-corrected chi connectivity index (χ3v) is 1.64. The van der Waals surface area contributed by atoms with E-state index in [-0.39, 0.29) is 11.7 Å². The number of rotatable bonds is 2. The predicted octanol–water partition coefficient (Wildman–Crippen LogP) is 0.949. The minimum atomic E-state index is -0.203. The number of aliphatic hydroxyl groups excluding tert-OH is 1. The van der Waals surface area contributed by atoms with E-state index in [1.807, 2.05) is 25.7 Å². The highest BCUT2D eigenvalue weighted by molar-refractivity contribution is 4.94. The quantitative estimate of drug-likeness (QED) is 0.628. The fourth-order valence-corrected chi connectivity index (χ4v) is 1.08. The first kappa shape index (κ1) is 9.39. The molecule has 0 aromatic heterocycles. The van der Waals surface area contributed by atoms with Gasteiger partial charge in [0.15, 0.2) is 5.88 Å². The second-order valence-corrected chi connectivity index (χ2v) is 4.17. The van der Waals surface area contributed by atoms with Crippen LogP contribution in [0.1, 0.15) is 20.8 Å². The summed E-state index contributed by atoms with van der Waals surface area (Å²) in [6.07, 6.45) is -0.203. The topological polar surface area (TPSA) is 32.7 Å². The molecular weight excluding hydrogens is 154 g/mol. The Morgan fingerprint density at radius 1 is 1.50 bits per heavy atom. The fourth-order valence-electron chi connectivity index (χ4n) is 1.08. The van der Waals surface area contributed by atoms with Crippen molar-refractivity contribution in [3.8, 4) is 0 Å². The first-order valence-corrected chi connectivity index (χ1v) is 4.19. The van der Waals surface area contributed by atoms with E-state index in [2.05, 4.69) is 6.58 Å². The summed E-state index contributed by atoms with van der Waals surface area (Å²) >= 11 is 0. The van der Waals surface area contributed by atoms with Crippen molar-refractivity contribution in [2.24, 2.45) is 0 Å². The van der Waals surface area contributed by atoms with Crippen LogP contribution in [0.2, 0.25) is 0 Å². The summed E-state index contributed by atoms with van der Waals surface area (Å²) in [6, 6.07) is 0. The maximum absolute atomic E-state index is 9.03. The van der Waals surface area contributed by atoms with Gasteiger partial charge in [0.05, 0.1) is 6.10 Å². The summed E-state index contributed by atoms with van der Waals surface area (Å²) < 4.78 is 5.51. The van der Waals surface area contributed by atoms with E-state index in [1.165, 1.54) is 0 Å². The third kappa shape index (κ3) is 2.41. The number of likely N-dealkylation sites (tertiary alicyclic amines) is 1. The molecule has 0 radical (unpaired) electrons. The minimum Gasteiger partial charge on any atom is -0.474 e. The molecule has 0 aromatic carbocycles. The number of hydrogen-bond acceptors (Lipinski definition) is 3. The van der Waals surface area contributed by atoms with Crippen molar-refractivity contribution in [2.45, 2.75) is 32.5 Å². The van der Waals surface area contributed by atoms with Gasteiger partial charge < -0.3 is 14.7 Å². The Balaban J connectivity index is 2.30. The Kier molecular flexibility index (Phi) is 2.33. The van der Waals surface area contributed by atoms with Gasteiger partial charge in [-0.3, -0.25) is 0 Å². The van der Waals surface area contributed by atoms with E-state index in [0.717, 1.165) is 0 Å². The standard InChI is InChI=1S/C9H17NO2/c1-7(12-9(2,3)4)10-5-8(11)6-10/h8,11H,1,5-6H2,2-4H3. The molecule has 1 aliphatic rings. The first-order valence-electron chi connectivity index (χ1n) is 4.19. The number of ether oxygens (including phenoxy) is 1. The molecule has 0 aliphatic carbocycles. The van der Waals surface area contributed by atoms with Gasteiger partial charge in [-0.2, -0.15) is 0 Å². The molecule has 3 nitrogen and oxygen atoms in total. The second kappa shape index (κ2) is 2.98. The number of aliphatic hydroxyl groups is 1. The van der Waals surface area contributed by atoms with Gasteiger partial charge in [0.1, 0.15) is 5.60 Å². The molecule has 1 heterocycles. The van der Waals surface area contributed by atoms with E-state index in [1.54, 1.807) is 0 Å². The summed E-state index contributed by atoms with van der Waals surface area (Å²) in [5.41, 5.74) is -0.197. The van der Waals surface area contributed by atoms with E-state index in [9.17, 15) is 0 Å². The molecule has 3 heteroatoms. The monoisotopic (exact) mass is 171 g/mol. The normalized spacial score (nSPS) is 18.8. The molecule has 1 saturated heterocycles. The zero-order valence-electron chi connectivity index (χ0n) is 8.00. The molecule has 0 unspecified atom stereocenters. The summed E-state index contributed by atoms with van der Waals surface area (Å²) in [6.45, 7) is 11.0. The van der Waals surface area contributed by atoms with Crippen LogP contribution in [0.15, 0.2) is 12.5 Å². The van der Waals surface area contributed by atoms with Crippen molar-refractivity contribution < 1.29 is 9.84 Å². The van der Waals surface area contributed by atoms with Crippen molar-refractivity contribution in [3.63, 3.8) is 0 Å². The highest BCUT2D eigenvalue weighted by Gasteiger charge is 2.28. The SMILES string of the molecule is C=C(OC(C)(C)C)N1CC(O)C1. The Bertz CT molecular complexity index is 177. The number of nitrogens with zero attached hydrogens (tertiary/aromatic N) is 1. The van der Waals surface area contributed by atoms with Crippen LogP contribution in [0.5, 0.6) is 0 Å². The molecule has 0 bridgehead atoms. The molecule has 0 atom stereocenters. The lowest BCUT2D eigenvalue weighted by molar-refractivity contribution is -0.0580. The summed E-state index contributed by atoms with van der Waals surface area (Å²) in [4.78, 5) is 1.93. The molecule has 0 aromatic rings. The third-order valence-electron chi connectivity index (χ3n) is 1.64. The molecule has 12 heavy (non-hydrogen) atoms. The molecule has 0 spiro atoms. The van der Waals surface area contributed by atoms with E-state index in [4.69, 9.17) is 9.84 Å². The van der Waals surface area contributed by atoms with Gasteiger partial charge in [-0.15, -0.1) is 0 Å². The maximum Gasteiger partial charge on any atom is 0.182 e. The minimum absolute atomic E-state index is 0.197. The van der Waals surface area contributed by atoms with Gasteiger partial charge in [-0.05, 0) is 27.4 Å². The number of β-amino-alcohol motifs (C(OH)–C–C–N with tert-alkyl or cyclic N) is 1. The Morgan fingerprint density at radius 3 is 2.33 bits per heavy atom. The van der Waals surface area contributed by atoms with Crippen LogP contribution in [-0.4, -0.2) is 34.8 Å². The number of hydrogen-bond donors (Lipinski definition) is 1. The smallest absolute Gasteiger partial charge is 0.182 e. The summed E-state index contributed by atoms with van der Waals surface area (Å²) in [7, 11) is 0. The van der Waals surface area contributed by atoms with Crippen LogP contribution in [0, 0.1) is 0 Å². The van der Waals surface area contributed by atoms with Crippen LogP contribution >= 0.6 is 0 Å². The lowest BCUT2D eigenvalue weighted by atomic mass is 10.1. The predicted molar refractivity (Wildman–Crippen MR) is 47.6 cm³/mol. The zero-order chi connectivity index (χ0) is 9.35. The van der Waals surface area contributed by atoms with Crippen molar-refractivity contribution >= 4 is 0 Å². The molecule has 1 rings (SSSR count). The average molecular weight is 171 g/mol. The lowest BCUT2D eigenvalue weighted by Gasteiger charge is -2.40. The highest BCUT2D eigenvalue weighted by atomic mass is 16.5. The first-order chi connectivity index (χ1) is 5.38. The van der Waals surface area contributed by atoms with Crippen LogP contribution in [0.25, 0.3) is 0 Å². The van der Waals surface area contributed by atoms with Gasteiger partial charge in [0, 0.05) is 13.1 Å². The molecule has 1 aliphatic heterocycles. The van der Waals surface area contributed by atoms with E-state index >= 15 is 0 Å². The van der Waals surface area contributed by atoms with Gasteiger partial charge in [0.25, 0.3) is 0 Å². The van der Waals surface area contributed by atoms with E-state index in [0.29, 0.717) is 19.0 Å². The zero-order valence-corrected chi connectivity index (χ0v) is 8.00. The Labute approximate surface area is 73.6 Å². The second-order valence-electron chi connectivity index (χ2n) is 4.17. The van der Waals surface area contributed by atoms with Gasteiger partial charge in [-0.1, -0.05) is 0 Å². The Morgan fingerprint density at radius 2 is 2.00 bits per heavy atom. The maximum atomic E-state index is 9.03. The van der Waals surface area contributed by atoms with Crippen molar-refractivity contribution in [1.29, 1.82) is 0 Å². The Hall–Kier alpha value is -0.700. The highest BCUT2D eigenvalue weighted by Crippen LogP contribution is 2.20. The average Bonchev–Trinajstić information content (AvgIpc) is 1.76.